The Hall–Kier alpha value is -2.02. The number of aromatic nitrogens is 2. The highest BCUT2D eigenvalue weighted by Gasteiger charge is 2.11. The number of amides is 1. The van der Waals surface area contributed by atoms with Crippen molar-refractivity contribution in [3.63, 3.8) is 0 Å². The number of anilines is 1. The molecule has 0 bridgehead atoms. The van der Waals surface area contributed by atoms with Gasteiger partial charge in [0.05, 0.1) is 22.9 Å². The Bertz CT molecular complexity index is 871. The van der Waals surface area contributed by atoms with Gasteiger partial charge in [-0.05, 0) is 23.8 Å². The number of hydrogen-bond acceptors (Lipinski definition) is 5. The summed E-state index contributed by atoms with van der Waals surface area (Å²) in [4.78, 5) is 12.0. The molecule has 1 N–H and O–H groups in total. The van der Waals surface area contributed by atoms with Gasteiger partial charge in [0.25, 0.3) is 5.22 Å². The van der Waals surface area contributed by atoms with E-state index >= 15 is 0 Å². The molecule has 3 rings (SSSR count). The first kappa shape index (κ1) is 17.8. The van der Waals surface area contributed by atoms with Crippen LogP contribution in [0, 0.1) is 0 Å². The molecule has 0 radical (unpaired) electrons. The molecule has 0 spiro atoms. The van der Waals surface area contributed by atoms with E-state index in [2.05, 4.69) is 15.5 Å². The number of rotatable bonds is 6. The fraction of sp³-hybridized carbons (Fsp3) is 0.118. The molecule has 0 aliphatic rings. The smallest absolute Gasteiger partial charge is 0.277 e. The molecule has 8 heteroatoms. The lowest BCUT2D eigenvalue weighted by Gasteiger charge is -2.06. The number of carbonyl (C=O) groups is 1. The number of benzene rings is 2. The van der Waals surface area contributed by atoms with Gasteiger partial charge in [-0.1, -0.05) is 65.3 Å². The molecule has 0 atom stereocenters. The molecule has 0 saturated heterocycles. The fourth-order valence-corrected chi connectivity index (χ4v) is 2.96. The van der Waals surface area contributed by atoms with Crippen molar-refractivity contribution in [3.8, 4) is 0 Å². The van der Waals surface area contributed by atoms with E-state index in [1.54, 1.807) is 18.2 Å². The minimum absolute atomic E-state index is 0.121. The van der Waals surface area contributed by atoms with Crippen molar-refractivity contribution in [1.29, 1.82) is 0 Å². The van der Waals surface area contributed by atoms with Crippen molar-refractivity contribution in [3.05, 3.63) is 70.0 Å². The molecule has 0 unspecified atom stereocenters. The molecule has 3 aromatic rings. The van der Waals surface area contributed by atoms with Crippen molar-refractivity contribution in [1.82, 2.24) is 10.2 Å². The van der Waals surface area contributed by atoms with Crippen molar-refractivity contribution < 1.29 is 9.21 Å². The Labute approximate surface area is 158 Å². The van der Waals surface area contributed by atoms with Gasteiger partial charge in [0.2, 0.25) is 11.8 Å². The van der Waals surface area contributed by atoms with Crippen LogP contribution in [0.5, 0.6) is 0 Å². The largest absolute Gasteiger partial charge is 0.416 e. The van der Waals surface area contributed by atoms with E-state index in [1.807, 2.05) is 30.3 Å². The molecule has 0 aliphatic carbocycles. The highest BCUT2D eigenvalue weighted by Crippen LogP contribution is 2.26. The van der Waals surface area contributed by atoms with Crippen LogP contribution in [0.1, 0.15) is 11.5 Å². The number of nitrogens with one attached hydrogen (secondary N) is 1. The number of thioether (sulfide) groups is 1. The predicted octanol–water partition coefficient (Wildman–Crippen LogP) is 4.70. The summed E-state index contributed by atoms with van der Waals surface area (Å²) in [5.41, 5.74) is 1.55. The Balaban J connectivity index is 1.53. The van der Waals surface area contributed by atoms with Crippen LogP contribution in [0.15, 0.2) is 58.2 Å². The first-order chi connectivity index (χ1) is 12.1. The third-order valence-electron chi connectivity index (χ3n) is 3.18. The summed E-state index contributed by atoms with van der Waals surface area (Å²) in [7, 11) is 0. The van der Waals surface area contributed by atoms with Gasteiger partial charge in [-0.25, -0.2) is 0 Å². The lowest BCUT2D eigenvalue weighted by molar-refractivity contribution is -0.113. The predicted molar refractivity (Wildman–Crippen MR) is 99.4 cm³/mol. The van der Waals surface area contributed by atoms with Gasteiger partial charge in [-0.3, -0.25) is 4.79 Å². The van der Waals surface area contributed by atoms with E-state index in [1.165, 1.54) is 0 Å². The molecule has 1 amide bonds. The van der Waals surface area contributed by atoms with Gasteiger partial charge in [0, 0.05) is 5.02 Å². The number of nitrogens with zero attached hydrogens (tertiary/aromatic N) is 2. The van der Waals surface area contributed by atoms with Gasteiger partial charge in [-0.2, -0.15) is 0 Å². The summed E-state index contributed by atoms with van der Waals surface area (Å²) in [5, 5.41) is 11.9. The van der Waals surface area contributed by atoms with E-state index in [4.69, 9.17) is 27.6 Å². The van der Waals surface area contributed by atoms with Crippen molar-refractivity contribution in [2.45, 2.75) is 11.6 Å². The SMILES string of the molecule is O=C(CSc1nnc(Cc2ccccc2)o1)Nc1cc(Cl)ccc1Cl. The van der Waals surface area contributed by atoms with E-state index < -0.39 is 0 Å². The molecule has 0 aliphatic heterocycles. The summed E-state index contributed by atoms with van der Waals surface area (Å²) >= 11 is 13.1. The quantitative estimate of drug-likeness (QED) is 0.614. The first-order valence-corrected chi connectivity index (χ1v) is 9.08. The van der Waals surface area contributed by atoms with E-state index in [0.717, 1.165) is 17.3 Å². The van der Waals surface area contributed by atoms with Crippen LogP contribution in [-0.4, -0.2) is 21.9 Å². The van der Waals surface area contributed by atoms with Gasteiger partial charge < -0.3 is 9.73 Å². The van der Waals surface area contributed by atoms with E-state index in [-0.39, 0.29) is 11.7 Å². The standard InChI is InChI=1S/C17H13Cl2N3O2S/c18-12-6-7-13(19)14(9-12)20-15(23)10-25-17-22-21-16(24-17)8-11-4-2-1-3-5-11/h1-7,9H,8,10H2,(H,20,23). The normalized spacial score (nSPS) is 10.6. The lowest BCUT2D eigenvalue weighted by atomic mass is 10.2. The Morgan fingerprint density at radius 3 is 2.72 bits per heavy atom. The molecule has 0 saturated carbocycles. The van der Waals surface area contributed by atoms with Crippen molar-refractivity contribution in [2.75, 3.05) is 11.1 Å². The maximum Gasteiger partial charge on any atom is 0.277 e. The molecule has 1 heterocycles. The summed E-state index contributed by atoms with van der Waals surface area (Å²) in [6, 6.07) is 14.7. The summed E-state index contributed by atoms with van der Waals surface area (Å²) in [5.74, 6) is 0.388. The third-order valence-corrected chi connectivity index (χ3v) is 4.56. The minimum atomic E-state index is -0.239. The topological polar surface area (TPSA) is 68.0 Å². The summed E-state index contributed by atoms with van der Waals surface area (Å²) < 4.78 is 5.54. The van der Waals surface area contributed by atoms with Gasteiger partial charge >= 0.3 is 0 Å². The van der Waals surface area contributed by atoms with E-state index in [9.17, 15) is 4.79 Å². The van der Waals surface area contributed by atoms with Crippen LogP contribution in [0.3, 0.4) is 0 Å². The zero-order valence-electron chi connectivity index (χ0n) is 12.9. The third kappa shape index (κ3) is 5.22. The van der Waals surface area contributed by atoms with Gasteiger partial charge in [0.1, 0.15) is 0 Å². The zero-order valence-corrected chi connectivity index (χ0v) is 15.2. The van der Waals surface area contributed by atoms with Crippen LogP contribution < -0.4 is 5.32 Å². The van der Waals surface area contributed by atoms with Crippen LogP contribution in [0.4, 0.5) is 5.69 Å². The second-order valence-electron chi connectivity index (χ2n) is 5.09. The maximum absolute atomic E-state index is 12.0. The second-order valence-corrected chi connectivity index (χ2v) is 6.86. The van der Waals surface area contributed by atoms with Crippen LogP contribution in [-0.2, 0) is 11.2 Å². The molecular weight excluding hydrogens is 381 g/mol. The van der Waals surface area contributed by atoms with Crippen molar-refractivity contribution in [2.24, 2.45) is 0 Å². The summed E-state index contributed by atoms with van der Waals surface area (Å²) in [6.07, 6.45) is 0.554. The van der Waals surface area contributed by atoms with E-state index in [0.29, 0.717) is 33.3 Å². The Morgan fingerprint density at radius 2 is 1.92 bits per heavy atom. The molecule has 1 aromatic heterocycles. The fourth-order valence-electron chi connectivity index (χ4n) is 2.05. The minimum Gasteiger partial charge on any atom is -0.416 e. The van der Waals surface area contributed by atoms with Crippen LogP contribution in [0.25, 0.3) is 0 Å². The van der Waals surface area contributed by atoms with Gasteiger partial charge in [0.15, 0.2) is 0 Å². The Kier molecular flexibility index (Phi) is 5.96. The van der Waals surface area contributed by atoms with Gasteiger partial charge in [-0.15, -0.1) is 10.2 Å². The van der Waals surface area contributed by atoms with Crippen molar-refractivity contribution >= 4 is 46.6 Å². The average Bonchev–Trinajstić information content (AvgIpc) is 3.05. The molecule has 2 aromatic carbocycles. The number of halogens is 2. The maximum atomic E-state index is 12.0. The summed E-state index contributed by atoms with van der Waals surface area (Å²) in [6.45, 7) is 0. The lowest BCUT2D eigenvalue weighted by Crippen LogP contribution is -2.14. The second kappa shape index (κ2) is 8.38. The highest BCUT2D eigenvalue weighted by molar-refractivity contribution is 7.99. The highest BCUT2D eigenvalue weighted by atomic mass is 35.5. The Morgan fingerprint density at radius 1 is 1.12 bits per heavy atom. The number of hydrogen-bond donors (Lipinski definition) is 1. The first-order valence-electron chi connectivity index (χ1n) is 7.34. The molecule has 128 valence electrons. The van der Waals surface area contributed by atoms with Crippen LogP contribution >= 0.6 is 35.0 Å². The molecule has 5 nitrogen and oxygen atoms in total. The average molecular weight is 394 g/mol. The zero-order chi connectivity index (χ0) is 17.6. The molecule has 25 heavy (non-hydrogen) atoms. The van der Waals surface area contributed by atoms with Crippen LogP contribution in [0.2, 0.25) is 10.0 Å². The molecular formula is C17H13Cl2N3O2S. The monoisotopic (exact) mass is 393 g/mol. The number of carbonyl (C=O) groups excluding carboxylic acids is 1. The molecule has 0 fully saturated rings.